The zero-order valence-corrected chi connectivity index (χ0v) is 14.2. The molecule has 0 amide bonds. The average molecular weight is 328 g/mol. The fourth-order valence-corrected chi connectivity index (χ4v) is 3.53. The third-order valence-corrected chi connectivity index (χ3v) is 4.86. The van der Waals surface area contributed by atoms with Gasteiger partial charge in [0.25, 0.3) is 5.56 Å². The molecule has 0 radical (unpaired) electrons. The highest BCUT2D eigenvalue weighted by atomic mass is 32.1. The highest BCUT2D eigenvalue weighted by Gasteiger charge is 2.12. The van der Waals surface area contributed by atoms with Gasteiger partial charge in [-0.1, -0.05) is 0 Å². The monoisotopic (exact) mass is 328 g/mol. The smallest absolute Gasteiger partial charge is 0.263 e. The lowest BCUT2D eigenvalue weighted by molar-refractivity contribution is 0.0679. The second kappa shape index (κ2) is 7.31. The highest BCUT2D eigenvalue weighted by molar-refractivity contribution is 7.71. The summed E-state index contributed by atoms with van der Waals surface area (Å²) < 4.78 is 12.4. The van der Waals surface area contributed by atoms with Crippen molar-refractivity contribution in [2.24, 2.45) is 0 Å². The zero-order valence-electron chi connectivity index (χ0n) is 12.5. The first kappa shape index (κ1) is 16.4. The molecule has 0 saturated heterocycles. The van der Waals surface area contributed by atoms with Gasteiger partial charge in [0, 0.05) is 25.1 Å². The third kappa shape index (κ3) is 3.60. The van der Waals surface area contributed by atoms with Crippen LogP contribution < -0.4 is 5.56 Å². The molecule has 0 saturated carbocycles. The summed E-state index contributed by atoms with van der Waals surface area (Å²) in [4.78, 5) is 17.7. The number of fused-ring (bicyclic) bond motifs is 1. The van der Waals surface area contributed by atoms with Crippen molar-refractivity contribution in [3.63, 3.8) is 0 Å². The van der Waals surface area contributed by atoms with Gasteiger partial charge in [-0.2, -0.15) is 0 Å². The average Bonchev–Trinajstić information content (AvgIpc) is 2.72. The summed E-state index contributed by atoms with van der Waals surface area (Å²) in [6.45, 7) is 6.30. The maximum Gasteiger partial charge on any atom is 0.263 e. The number of thiophene rings is 1. The molecule has 0 fully saturated rings. The molecule has 116 valence electrons. The van der Waals surface area contributed by atoms with Gasteiger partial charge in [-0.3, -0.25) is 9.36 Å². The normalized spacial score (nSPS) is 11.4. The van der Waals surface area contributed by atoms with Gasteiger partial charge in [-0.15, -0.1) is 11.3 Å². The molecule has 0 aliphatic heterocycles. The summed E-state index contributed by atoms with van der Waals surface area (Å²) in [5.74, 6) is 0. The Labute approximate surface area is 132 Å². The van der Waals surface area contributed by atoms with Crippen LogP contribution in [-0.4, -0.2) is 36.5 Å². The standard InChI is InChI=1S/C14H20N2O3S2/c1-9-10(2)21-12-11(9)13(17)16(14(20)15-12)5-4-6-19-8-7-18-3/h4-8H2,1-3H3,(H,15,20). The first-order valence-electron chi connectivity index (χ1n) is 6.85. The molecular weight excluding hydrogens is 308 g/mol. The number of rotatable bonds is 7. The molecule has 0 aromatic carbocycles. The Balaban J connectivity index is 2.15. The molecule has 7 heteroatoms. The van der Waals surface area contributed by atoms with E-state index in [-0.39, 0.29) is 5.56 Å². The summed E-state index contributed by atoms with van der Waals surface area (Å²) in [7, 11) is 1.64. The molecule has 2 aromatic heterocycles. The number of H-pyrrole nitrogens is 1. The number of hydrogen-bond acceptors (Lipinski definition) is 5. The molecular formula is C14H20N2O3S2. The lowest BCUT2D eigenvalue weighted by Crippen LogP contribution is -2.23. The minimum absolute atomic E-state index is 0.00695. The van der Waals surface area contributed by atoms with E-state index >= 15 is 0 Å². The van der Waals surface area contributed by atoms with Crippen molar-refractivity contribution in [3.8, 4) is 0 Å². The maximum atomic E-state index is 12.6. The Morgan fingerprint density at radius 3 is 2.76 bits per heavy atom. The van der Waals surface area contributed by atoms with Crippen LogP contribution in [0.4, 0.5) is 0 Å². The van der Waals surface area contributed by atoms with Crippen LogP contribution in [0.2, 0.25) is 0 Å². The minimum Gasteiger partial charge on any atom is -0.382 e. The number of ether oxygens (including phenoxy) is 2. The van der Waals surface area contributed by atoms with E-state index in [4.69, 9.17) is 21.7 Å². The first-order chi connectivity index (χ1) is 10.1. The van der Waals surface area contributed by atoms with Crippen LogP contribution in [0.15, 0.2) is 4.79 Å². The molecule has 2 rings (SSSR count). The van der Waals surface area contributed by atoms with Gasteiger partial charge in [0.1, 0.15) is 4.83 Å². The Morgan fingerprint density at radius 1 is 1.29 bits per heavy atom. The predicted octanol–water partition coefficient (Wildman–Crippen LogP) is 2.79. The SMILES string of the molecule is COCCOCCCn1c(=S)[nH]c2sc(C)c(C)c2c1=O. The zero-order chi connectivity index (χ0) is 15.4. The maximum absolute atomic E-state index is 12.6. The van der Waals surface area contributed by atoms with Gasteiger partial charge in [0.15, 0.2) is 4.77 Å². The third-order valence-electron chi connectivity index (χ3n) is 3.41. The topological polar surface area (TPSA) is 56.2 Å². The van der Waals surface area contributed by atoms with Gasteiger partial charge < -0.3 is 14.5 Å². The van der Waals surface area contributed by atoms with E-state index in [2.05, 4.69) is 4.98 Å². The van der Waals surface area contributed by atoms with Crippen LogP contribution >= 0.6 is 23.6 Å². The molecule has 0 atom stereocenters. The van der Waals surface area contributed by atoms with Gasteiger partial charge in [0.05, 0.1) is 18.6 Å². The number of aryl methyl sites for hydroxylation is 2. The predicted molar refractivity (Wildman–Crippen MR) is 88.1 cm³/mol. The van der Waals surface area contributed by atoms with Crippen molar-refractivity contribution in [3.05, 3.63) is 25.6 Å². The van der Waals surface area contributed by atoms with E-state index < -0.39 is 0 Å². The van der Waals surface area contributed by atoms with Gasteiger partial charge in [0.2, 0.25) is 0 Å². The van der Waals surface area contributed by atoms with Crippen LogP contribution in [0.5, 0.6) is 0 Å². The van der Waals surface area contributed by atoms with Crippen LogP contribution in [0.1, 0.15) is 16.9 Å². The molecule has 0 aliphatic rings. The molecule has 2 aromatic rings. The fourth-order valence-electron chi connectivity index (χ4n) is 2.14. The minimum atomic E-state index is -0.00695. The van der Waals surface area contributed by atoms with E-state index in [0.717, 1.165) is 27.1 Å². The second-order valence-corrected chi connectivity index (χ2v) is 6.44. The van der Waals surface area contributed by atoms with E-state index in [1.54, 1.807) is 23.0 Å². The van der Waals surface area contributed by atoms with E-state index in [0.29, 0.717) is 31.1 Å². The Bertz CT molecular complexity index is 730. The fraction of sp³-hybridized carbons (Fsp3) is 0.571. The van der Waals surface area contributed by atoms with Crippen molar-refractivity contribution in [1.82, 2.24) is 9.55 Å². The number of nitrogens with zero attached hydrogens (tertiary/aromatic N) is 1. The van der Waals surface area contributed by atoms with Crippen LogP contribution in [0.3, 0.4) is 0 Å². The molecule has 0 aliphatic carbocycles. The van der Waals surface area contributed by atoms with E-state index in [1.807, 2.05) is 13.8 Å². The Morgan fingerprint density at radius 2 is 2.05 bits per heavy atom. The summed E-state index contributed by atoms with van der Waals surface area (Å²) in [6, 6.07) is 0. The highest BCUT2D eigenvalue weighted by Crippen LogP contribution is 2.25. The summed E-state index contributed by atoms with van der Waals surface area (Å²) in [5.41, 5.74) is 1.03. The number of aromatic nitrogens is 2. The molecule has 1 N–H and O–H groups in total. The first-order valence-corrected chi connectivity index (χ1v) is 8.08. The number of aromatic amines is 1. The van der Waals surface area contributed by atoms with Crippen LogP contribution in [0, 0.1) is 18.6 Å². The molecule has 5 nitrogen and oxygen atoms in total. The number of hydrogen-bond donors (Lipinski definition) is 1. The van der Waals surface area contributed by atoms with Crippen molar-refractivity contribution < 1.29 is 9.47 Å². The van der Waals surface area contributed by atoms with Crippen molar-refractivity contribution in [2.75, 3.05) is 26.9 Å². The van der Waals surface area contributed by atoms with Gasteiger partial charge in [-0.05, 0) is 38.0 Å². The molecule has 2 heterocycles. The summed E-state index contributed by atoms with van der Waals surface area (Å²) >= 11 is 6.87. The van der Waals surface area contributed by atoms with Gasteiger partial charge in [-0.25, -0.2) is 0 Å². The van der Waals surface area contributed by atoms with Crippen molar-refractivity contribution in [2.45, 2.75) is 26.8 Å². The van der Waals surface area contributed by atoms with E-state index in [1.165, 1.54) is 0 Å². The van der Waals surface area contributed by atoms with Crippen molar-refractivity contribution >= 4 is 33.8 Å². The van der Waals surface area contributed by atoms with Crippen LogP contribution in [0.25, 0.3) is 10.2 Å². The summed E-state index contributed by atoms with van der Waals surface area (Å²) in [6.07, 6.45) is 0.745. The van der Waals surface area contributed by atoms with Crippen molar-refractivity contribution in [1.29, 1.82) is 0 Å². The lowest BCUT2D eigenvalue weighted by atomic mass is 10.2. The molecule has 21 heavy (non-hydrogen) atoms. The van der Waals surface area contributed by atoms with Crippen LogP contribution in [-0.2, 0) is 16.0 Å². The molecule has 0 bridgehead atoms. The largest absolute Gasteiger partial charge is 0.382 e. The Hall–Kier alpha value is -1.02. The Kier molecular flexibility index (Phi) is 5.69. The summed E-state index contributed by atoms with van der Waals surface area (Å²) in [5, 5.41) is 0.756. The second-order valence-electron chi connectivity index (χ2n) is 4.83. The quantitative estimate of drug-likeness (QED) is 0.627. The molecule has 0 spiro atoms. The number of nitrogens with one attached hydrogen (secondary N) is 1. The van der Waals surface area contributed by atoms with E-state index in [9.17, 15) is 4.79 Å². The number of methoxy groups -OCH3 is 1. The van der Waals surface area contributed by atoms with Gasteiger partial charge >= 0.3 is 0 Å². The molecule has 0 unspecified atom stereocenters. The lowest BCUT2D eigenvalue weighted by Gasteiger charge is -2.07.